The van der Waals surface area contributed by atoms with Crippen molar-refractivity contribution in [2.75, 3.05) is 13.1 Å². The first-order valence-corrected chi connectivity index (χ1v) is 9.67. The van der Waals surface area contributed by atoms with Gasteiger partial charge in [0, 0.05) is 12.5 Å². The Labute approximate surface area is 154 Å². The minimum atomic E-state index is 0.302. The average molecular weight is 366 g/mol. The number of hydrogen-bond acceptors (Lipinski definition) is 7. The molecule has 1 fully saturated rings. The standard InChI is InChI=1S/C19H18N4O2S/c1-2-7-15-14(6-1)20-19(24-15)13-5-3-9-23(11-13)12-17-21-18(22-25-17)16-8-4-10-26-16/h1-2,4,6-8,10,13H,3,5,9,11-12H2/t13-/m0/s1. The number of thiophene rings is 1. The van der Waals surface area contributed by atoms with Crippen LogP contribution in [0.3, 0.4) is 0 Å². The molecule has 4 heterocycles. The molecule has 0 saturated carbocycles. The van der Waals surface area contributed by atoms with Gasteiger partial charge in [-0.1, -0.05) is 23.4 Å². The summed E-state index contributed by atoms with van der Waals surface area (Å²) in [5, 5.41) is 6.11. The van der Waals surface area contributed by atoms with Crippen LogP contribution in [-0.2, 0) is 6.54 Å². The maximum absolute atomic E-state index is 5.97. The van der Waals surface area contributed by atoms with Crippen LogP contribution in [-0.4, -0.2) is 33.1 Å². The lowest BCUT2D eigenvalue weighted by atomic mass is 9.98. The Morgan fingerprint density at radius 3 is 3.00 bits per heavy atom. The molecule has 1 saturated heterocycles. The van der Waals surface area contributed by atoms with Gasteiger partial charge < -0.3 is 8.94 Å². The molecule has 0 N–H and O–H groups in total. The smallest absolute Gasteiger partial charge is 0.241 e. The van der Waals surface area contributed by atoms with E-state index in [1.807, 2.05) is 41.8 Å². The highest BCUT2D eigenvalue weighted by molar-refractivity contribution is 7.13. The molecule has 1 aromatic carbocycles. The summed E-state index contributed by atoms with van der Waals surface area (Å²) in [6.45, 7) is 2.58. The fraction of sp³-hybridized carbons (Fsp3) is 0.316. The number of likely N-dealkylation sites (tertiary alicyclic amines) is 1. The van der Waals surface area contributed by atoms with E-state index in [0.717, 1.165) is 47.8 Å². The lowest BCUT2D eigenvalue weighted by Crippen LogP contribution is -2.34. The van der Waals surface area contributed by atoms with Crippen molar-refractivity contribution in [3.63, 3.8) is 0 Å². The highest BCUT2D eigenvalue weighted by Crippen LogP contribution is 2.30. The number of para-hydroxylation sites is 2. The van der Waals surface area contributed by atoms with E-state index in [1.165, 1.54) is 0 Å². The van der Waals surface area contributed by atoms with Crippen molar-refractivity contribution >= 4 is 22.4 Å². The van der Waals surface area contributed by atoms with Crippen molar-refractivity contribution in [1.82, 2.24) is 20.0 Å². The molecule has 1 aliphatic rings. The molecule has 0 amide bonds. The summed E-state index contributed by atoms with van der Waals surface area (Å²) in [4.78, 5) is 12.6. The van der Waals surface area contributed by atoms with Gasteiger partial charge in [-0.2, -0.15) is 4.98 Å². The number of benzene rings is 1. The first-order chi connectivity index (χ1) is 12.8. The largest absolute Gasteiger partial charge is 0.440 e. The van der Waals surface area contributed by atoms with E-state index < -0.39 is 0 Å². The molecule has 0 radical (unpaired) electrons. The molecule has 4 aromatic rings. The van der Waals surface area contributed by atoms with Crippen LogP contribution in [0.5, 0.6) is 0 Å². The van der Waals surface area contributed by atoms with Crippen LogP contribution in [0.2, 0.25) is 0 Å². The number of nitrogens with zero attached hydrogens (tertiary/aromatic N) is 4. The average Bonchev–Trinajstić information content (AvgIpc) is 3.41. The quantitative estimate of drug-likeness (QED) is 0.536. The summed E-state index contributed by atoms with van der Waals surface area (Å²) in [5.74, 6) is 2.46. The zero-order valence-corrected chi connectivity index (χ0v) is 15.0. The highest BCUT2D eigenvalue weighted by Gasteiger charge is 2.26. The molecule has 0 aliphatic carbocycles. The molecule has 0 unspecified atom stereocenters. The fourth-order valence-electron chi connectivity index (χ4n) is 3.48. The normalized spacial score (nSPS) is 18.5. The van der Waals surface area contributed by atoms with E-state index in [2.05, 4.69) is 20.0 Å². The lowest BCUT2D eigenvalue weighted by molar-refractivity contribution is 0.167. The summed E-state index contributed by atoms with van der Waals surface area (Å²) < 4.78 is 11.4. The number of oxazole rings is 1. The Kier molecular flexibility index (Phi) is 4.03. The topological polar surface area (TPSA) is 68.2 Å². The molecule has 1 atom stereocenters. The molecular formula is C19H18N4O2S. The molecule has 5 rings (SSSR count). The Balaban J connectivity index is 1.30. The van der Waals surface area contributed by atoms with Crippen molar-refractivity contribution in [1.29, 1.82) is 0 Å². The first kappa shape index (κ1) is 15.7. The number of hydrogen-bond donors (Lipinski definition) is 0. The van der Waals surface area contributed by atoms with Gasteiger partial charge in [-0.15, -0.1) is 11.3 Å². The predicted octanol–water partition coefficient (Wildman–Crippen LogP) is 4.32. The van der Waals surface area contributed by atoms with Gasteiger partial charge in [0.1, 0.15) is 5.52 Å². The fourth-order valence-corrected chi connectivity index (χ4v) is 4.13. The summed E-state index contributed by atoms with van der Waals surface area (Å²) >= 11 is 1.62. The minimum Gasteiger partial charge on any atom is -0.440 e. The number of rotatable bonds is 4. The molecule has 132 valence electrons. The van der Waals surface area contributed by atoms with Gasteiger partial charge in [0.25, 0.3) is 0 Å². The predicted molar refractivity (Wildman–Crippen MR) is 98.9 cm³/mol. The summed E-state index contributed by atoms with van der Waals surface area (Å²) in [5.41, 5.74) is 1.79. The summed E-state index contributed by atoms with van der Waals surface area (Å²) in [6.07, 6.45) is 2.20. The monoisotopic (exact) mass is 366 g/mol. The Hall–Kier alpha value is -2.51. The number of piperidine rings is 1. The Bertz CT molecular complexity index is 975. The number of aromatic nitrogens is 3. The van der Waals surface area contributed by atoms with E-state index >= 15 is 0 Å². The van der Waals surface area contributed by atoms with Crippen LogP contribution >= 0.6 is 11.3 Å². The van der Waals surface area contributed by atoms with Gasteiger partial charge in [0.15, 0.2) is 11.5 Å². The zero-order valence-electron chi connectivity index (χ0n) is 14.2. The van der Waals surface area contributed by atoms with Crippen LogP contribution in [0.4, 0.5) is 0 Å². The Morgan fingerprint density at radius 2 is 2.12 bits per heavy atom. The second kappa shape index (κ2) is 6.66. The first-order valence-electron chi connectivity index (χ1n) is 8.79. The van der Waals surface area contributed by atoms with Crippen LogP contribution in [0, 0.1) is 0 Å². The zero-order chi connectivity index (χ0) is 17.3. The number of fused-ring (bicyclic) bond motifs is 1. The van der Waals surface area contributed by atoms with E-state index in [1.54, 1.807) is 11.3 Å². The third-order valence-electron chi connectivity index (χ3n) is 4.73. The van der Waals surface area contributed by atoms with Crippen LogP contribution < -0.4 is 0 Å². The lowest BCUT2D eigenvalue weighted by Gasteiger charge is -2.29. The maximum atomic E-state index is 5.97. The molecule has 0 spiro atoms. The Morgan fingerprint density at radius 1 is 1.15 bits per heavy atom. The molecule has 3 aromatic heterocycles. The van der Waals surface area contributed by atoms with Gasteiger partial charge in [0.2, 0.25) is 11.7 Å². The van der Waals surface area contributed by atoms with Gasteiger partial charge in [-0.3, -0.25) is 4.90 Å². The highest BCUT2D eigenvalue weighted by atomic mass is 32.1. The second-order valence-corrected chi connectivity index (χ2v) is 7.53. The summed E-state index contributed by atoms with van der Waals surface area (Å²) in [7, 11) is 0. The SMILES string of the molecule is c1csc(-c2noc(CN3CCC[C@H](c4nc5ccccc5o4)C3)n2)c1. The minimum absolute atomic E-state index is 0.302. The van der Waals surface area contributed by atoms with Crippen molar-refractivity contribution in [3.8, 4) is 10.7 Å². The van der Waals surface area contributed by atoms with E-state index in [0.29, 0.717) is 24.2 Å². The van der Waals surface area contributed by atoms with Crippen molar-refractivity contribution < 1.29 is 8.94 Å². The maximum Gasteiger partial charge on any atom is 0.241 e. The van der Waals surface area contributed by atoms with Crippen LogP contribution in [0.25, 0.3) is 21.8 Å². The van der Waals surface area contributed by atoms with Gasteiger partial charge in [-0.25, -0.2) is 4.98 Å². The molecular weight excluding hydrogens is 348 g/mol. The van der Waals surface area contributed by atoms with Crippen LogP contribution in [0.1, 0.15) is 30.5 Å². The van der Waals surface area contributed by atoms with Gasteiger partial charge in [-0.05, 0) is 43.0 Å². The van der Waals surface area contributed by atoms with Gasteiger partial charge in [0.05, 0.1) is 11.4 Å². The van der Waals surface area contributed by atoms with E-state index in [4.69, 9.17) is 8.94 Å². The molecule has 26 heavy (non-hydrogen) atoms. The summed E-state index contributed by atoms with van der Waals surface area (Å²) in [6, 6.07) is 11.9. The third-order valence-corrected chi connectivity index (χ3v) is 5.60. The molecule has 1 aliphatic heterocycles. The van der Waals surface area contributed by atoms with Crippen molar-refractivity contribution in [2.45, 2.75) is 25.3 Å². The van der Waals surface area contributed by atoms with E-state index in [-0.39, 0.29) is 0 Å². The van der Waals surface area contributed by atoms with Gasteiger partial charge >= 0.3 is 0 Å². The van der Waals surface area contributed by atoms with Crippen molar-refractivity contribution in [2.24, 2.45) is 0 Å². The van der Waals surface area contributed by atoms with Crippen molar-refractivity contribution in [3.05, 3.63) is 53.6 Å². The molecule has 0 bridgehead atoms. The second-order valence-electron chi connectivity index (χ2n) is 6.58. The van der Waals surface area contributed by atoms with Crippen LogP contribution in [0.15, 0.2) is 50.7 Å². The third kappa shape index (κ3) is 3.04. The molecule has 6 nitrogen and oxygen atoms in total. The molecule has 7 heteroatoms. The van der Waals surface area contributed by atoms with E-state index in [9.17, 15) is 0 Å².